The number of nitrogens with zero attached hydrogens (tertiary/aromatic N) is 6. The number of aromatic nitrogens is 6. The van der Waals surface area contributed by atoms with Crippen LogP contribution in [0.2, 0.25) is 0 Å². The zero-order chi connectivity index (χ0) is 90.9. The highest BCUT2D eigenvalue weighted by Crippen LogP contribution is 2.57. The highest BCUT2D eigenvalue weighted by Gasteiger charge is 2.41. The van der Waals surface area contributed by atoms with Gasteiger partial charge in [-0.15, -0.1) is 0 Å². The van der Waals surface area contributed by atoms with E-state index >= 15 is 0 Å². The van der Waals surface area contributed by atoms with Crippen molar-refractivity contribution in [2.24, 2.45) is 0 Å². The summed E-state index contributed by atoms with van der Waals surface area (Å²) in [5, 5.41) is 11.8. The fourth-order valence-corrected chi connectivity index (χ4v) is 22.9. The zero-order valence-corrected chi connectivity index (χ0v) is 76.1. The molecule has 25 aromatic rings. The van der Waals surface area contributed by atoms with Gasteiger partial charge < -0.3 is 17.7 Å². The van der Waals surface area contributed by atoms with E-state index in [0.717, 1.165) is 176 Å². The van der Waals surface area contributed by atoms with Crippen molar-refractivity contribution in [3.63, 3.8) is 0 Å². The summed E-state index contributed by atoms with van der Waals surface area (Å²) in [5.74, 6) is 2.10. The third-order valence-electron chi connectivity index (χ3n) is 29.9. The summed E-state index contributed by atoms with van der Waals surface area (Å²) >= 11 is 0. The molecule has 0 saturated heterocycles. The third kappa shape index (κ3) is 12.0. The first kappa shape index (κ1) is 79.0. The van der Waals surface area contributed by atoms with Crippen LogP contribution < -0.4 is 0 Å². The van der Waals surface area contributed by atoms with Gasteiger partial charge in [0.15, 0.2) is 17.5 Å². The number of rotatable bonds is 7. The van der Waals surface area contributed by atoms with Gasteiger partial charge in [-0.2, -0.15) is 0 Å². The van der Waals surface area contributed by atoms with Gasteiger partial charge in [0.25, 0.3) is 0 Å². The van der Waals surface area contributed by atoms with Crippen molar-refractivity contribution < 1.29 is 17.7 Å². The maximum atomic E-state index is 6.46. The number of hydrogen-bond donors (Lipinski definition) is 0. The highest BCUT2D eigenvalue weighted by atomic mass is 16.3. The number of furan rings is 4. The van der Waals surface area contributed by atoms with Crippen molar-refractivity contribution in [2.75, 3.05) is 0 Å². The van der Waals surface area contributed by atoms with Crippen molar-refractivity contribution in [2.45, 2.75) is 77.0 Å². The summed E-state index contributed by atoms with van der Waals surface area (Å²) in [6, 6.07) is 133. The molecule has 0 saturated carbocycles. The Morgan fingerprint density at radius 1 is 0.162 bits per heavy atom. The van der Waals surface area contributed by atoms with Gasteiger partial charge in [-0.1, -0.05) is 298 Å². The predicted octanol–water partition coefficient (Wildman–Crippen LogP) is 33.4. The second kappa shape index (κ2) is 29.3. The van der Waals surface area contributed by atoms with Crippen LogP contribution >= 0.6 is 0 Å². The fourth-order valence-electron chi connectivity index (χ4n) is 22.9. The van der Waals surface area contributed by atoms with E-state index < -0.39 is 0 Å². The zero-order valence-electron chi connectivity index (χ0n) is 76.1. The predicted molar refractivity (Wildman–Crippen MR) is 556 cm³/mol. The Hall–Kier alpha value is -16.8. The van der Waals surface area contributed by atoms with E-state index in [4.69, 9.17) is 47.6 Å². The van der Waals surface area contributed by atoms with E-state index in [2.05, 4.69) is 383 Å². The molecule has 0 atom stereocenters. The van der Waals surface area contributed by atoms with Gasteiger partial charge in [0.05, 0.1) is 33.6 Å². The largest absolute Gasteiger partial charge is 0.456 e. The number of fused-ring (bicyclic) bond motifs is 27. The molecule has 0 bridgehead atoms. The Labute approximate surface area is 784 Å². The quantitative estimate of drug-likeness (QED) is 0.152. The van der Waals surface area contributed by atoms with Crippen molar-refractivity contribution in [1.82, 2.24) is 29.9 Å². The molecule has 4 aliphatic carbocycles. The minimum absolute atomic E-state index is 0.0774. The van der Waals surface area contributed by atoms with Crippen LogP contribution in [0, 0.1) is 0 Å². The maximum absolute atomic E-state index is 6.46. The molecule has 0 aliphatic heterocycles. The third-order valence-corrected chi connectivity index (χ3v) is 29.9. The van der Waals surface area contributed by atoms with E-state index in [1.54, 1.807) is 0 Å². The Kier molecular flexibility index (Phi) is 17.0. The molecule has 29 rings (SSSR count). The molecule has 18 aromatic carbocycles. The summed E-state index contributed by atoms with van der Waals surface area (Å²) < 4.78 is 25.6. The molecule has 0 N–H and O–H groups in total. The Balaban J connectivity index is 0.000000103. The normalized spacial score (nSPS) is 14.1. The second-order valence-electron chi connectivity index (χ2n) is 39.0. The van der Waals surface area contributed by atoms with Gasteiger partial charge in [-0.25, -0.2) is 29.9 Å². The van der Waals surface area contributed by atoms with Crippen LogP contribution in [0.5, 0.6) is 0 Å². The molecule has 4 aliphatic rings. The SMILES string of the molecule is CC1(C)c2ccccc2-c2cc3oc4ccc(-c5nc(-c6cccc7oc8ccccc8c67)c6ccccc6n5)cc4c3cc21.CC1(C)c2ccccc2-c2cc3oc4ccc(-c5nc(-c6ccccc6)c6cc(-c7ccccc7)ccc6n5)cc4c3cc21.CC1(C)c2ccccc2-c2ccc(-c3nc(-c4ccc5oc6cc7c(cc6c5c4)C(C)(C)c4ccccc4-7)nc4ccccc34)cc21. The molecule has 0 unspecified atom stereocenters. The van der Waals surface area contributed by atoms with Crippen molar-refractivity contribution in [3.8, 4) is 124 Å². The molecular formula is C126H86N6O4. The average Bonchev–Trinajstić information content (AvgIpc) is 1.52. The highest BCUT2D eigenvalue weighted by molar-refractivity contribution is 6.16. The first-order valence-electron chi connectivity index (χ1n) is 46.8. The molecule has 10 nitrogen and oxygen atoms in total. The summed E-state index contributed by atoms with van der Waals surface area (Å²) in [7, 11) is 0. The number of hydrogen-bond acceptors (Lipinski definition) is 10. The van der Waals surface area contributed by atoms with Gasteiger partial charge in [-0.05, 0) is 234 Å². The van der Waals surface area contributed by atoms with E-state index in [9.17, 15) is 0 Å². The van der Waals surface area contributed by atoms with Gasteiger partial charge in [0.2, 0.25) is 0 Å². The van der Waals surface area contributed by atoms with Gasteiger partial charge >= 0.3 is 0 Å². The monoisotopic (exact) mass is 1750 g/mol. The van der Waals surface area contributed by atoms with E-state index in [0.29, 0.717) is 17.5 Å². The molecular weight excluding hydrogens is 1660 g/mol. The molecule has 644 valence electrons. The summed E-state index contributed by atoms with van der Waals surface area (Å²) in [6.07, 6.45) is 0. The Morgan fingerprint density at radius 3 is 0.956 bits per heavy atom. The van der Waals surface area contributed by atoms with Crippen LogP contribution in [-0.4, -0.2) is 29.9 Å². The van der Waals surface area contributed by atoms with Gasteiger partial charge in [0, 0.05) is 114 Å². The molecule has 0 spiro atoms. The van der Waals surface area contributed by atoms with Crippen LogP contribution in [0.15, 0.2) is 394 Å². The smallest absolute Gasteiger partial charge is 0.160 e. The van der Waals surface area contributed by atoms with Crippen LogP contribution in [-0.2, 0) is 21.7 Å². The average molecular weight is 1750 g/mol. The Bertz CT molecular complexity index is 9450. The second-order valence-corrected chi connectivity index (χ2v) is 39.0. The summed E-state index contributed by atoms with van der Waals surface area (Å²) in [5.41, 5.74) is 41.7. The van der Waals surface area contributed by atoms with Crippen LogP contribution in [0.25, 0.3) is 244 Å². The maximum Gasteiger partial charge on any atom is 0.160 e. The molecule has 7 heterocycles. The van der Waals surface area contributed by atoms with E-state index in [-0.39, 0.29) is 21.7 Å². The fraction of sp³-hybridized carbons (Fsp3) is 0.0952. The van der Waals surface area contributed by atoms with E-state index in [1.807, 2.05) is 48.5 Å². The Morgan fingerprint density at radius 2 is 0.478 bits per heavy atom. The minimum Gasteiger partial charge on any atom is -0.456 e. The first-order chi connectivity index (χ1) is 66.4. The van der Waals surface area contributed by atoms with Crippen molar-refractivity contribution >= 4 is 120 Å². The summed E-state index contributed by atoms with van der Waals surface area (Å²) in [6.45, 7) is 18.5. The van der Waals surface area contributed by atoms with Crippen LogP contribution in [0.4, 0.5) is 0 Å². The number of benzene rings is 18. The van der Waals surface area contributed by atoms with Crippen LogP contribution in [0.3, 0.4) is 0 Å². The molecule has 136 heavy (non-hydrogen) atoms. The lowest BCUT2D eigenvalue weighted by molar-refractivity contribution is 0.657. The molecule has 10 heteroatoms. The van der Waals surface area contributed by atoms with Crippen LogP contribution in [0.1, 0.15) is 99.9 Å². The van der Waals surface area contributed by atoms with Gasteiger partial charge in [-0.3, -0.25) is 0 Å². The lowest BCUT2D eigenvalue weighted by Gasteiger charge is -2.22. The molecule has 0 radical (unpaired) electrons. The van der Waals surface area contributed by atoms with E-state index in [1.165, 1.54) is 94.6 Å². The molecule has 0 fully saturated rings. The molecule has 7 aromatic heterocycles. The topological polar surface area (TPSA) is 130 Å². The lowest BCUT2D eigenvalue weighted by atomic mass is 9.82. The van der Waals surface area contributed by atoms with Gasteiger partial charge in [0.1, 0.15) is 44.7 Å². The lowest BCUT2D eigenvalue weighted by Crippen LogP contribution is -2.15. The minimum atomic E-state index is -0.0873. The summed E-state index contributed by atoms with van der Waals surface area (Å²) in [4.78, 5) is 31.1. The standard InChI is InChI=1S/C44H32N2O.C41H26N2O2.C41H28N2O/c1-43(2)34-14-8-5-11-27(34)29-19-17-25(22-36(29)43)41-30-13-7-10-16-38(30)45-42(46-41)26-18-20-39-32(21-26)33-23-37-31(24-40(33)47-39)28-12-6-9-15-35(28)44(37,3)4;1-41(2)31-14-6-3-10-24(31)28-22-37-30(21-32(28)41)29-20-23(18-19-35(29)45-37)40-42-33-15-7-4-11-25(33)39(43-40)27-13-9-17-36-38(27)26-12-5-8-16-34(26)44-36;1-41(2)34-16-10-9-15-29(34)30-24-38-32(23-35(30)41)31-22-28(18-20-37(31)44-38)40-42-36-19-17-27(25-11-5-3-6-12-25)21-33(36)39(43-40)26-13-7-4-8-14-26/h5-24H,1-4H3;3-22H,1-2H3;3-24H,1-2H3. The number of para-hydroxylation sites is 3. The first-order valence-corrected chi connectivity index (χ1v) is 46.8. The van der Waals surface area contributed by atoms with Crippen molar-refractivity contribution in [1.29, 1.82) is 0 Å². The molecule has 0 amide bonds. The van der Waals surface area contributed by atoms with Crippen molar-refractivity contribution in [3.05, 3.63) is 421 Å².